The highest BCUT2D eigenvalue weighted by Gasteiger charge is 2.30. The number of hydrogen-bond donors (Lipinski definition) is 1. The minimum Gasteiger partial charge on any atom is -0.478 e. The van der Waals surface area contributed by atoms with Gasteiger partial charge in [0.05, 0.1) is 0 Å². The lowest BCUT2D eigenvalue weighted by Gasteiger charge is -2.24. The number of carbonyl (C=O) groups is 2. The van der Waals surface area contributed by atoms with Crippen LogP contribution in [0.4, 0.5) is 0 Å². The summed E-state index contributed by atoms with van der Waals surface area (Å²) in [6, 6.07) is 0. The summed E-state index contributed by atoms with van der Waals surface area (Å²) in [6.45, 7) is 0. The van der Waals surface area contributed by atoms with Crippen LogP contribution in [0.1, 0.15) is 19.3 Å². The van der Waals surface area contributed by atoms with Crippen LogP contribution >= 0.6 is 0 Å². The summed E-state index contributed by atoms with van der Waals surface area (Å²) >= 11 is 0. The maximum Gasteiger partial charge on any atom is 0.340 e. The molecule has 0 saturated heterocycles. The van der Waals surface area contributed by atoms with Crippen LogP contribution in [0.2, 0.25) is 0 Å². The van der Waals surface area contributed by atoms with E-state index in [0.717, 1.165) is 19.3 Å². The summed E-state index contributed by atoms with van der Waals surface area (Å²) < 4.78 is 0. The average Bonchev–Trinajstić information content (AvgIpc) is 1.95. The van der Waals surface area contributed by atoms with Crippen molar-refractivity contribution in [2.24, 2.45) is 5.92 Å². The van der Waals surface area contributed by atoms with Crippen LogP contribution in [0.25, 0.3) is 0 Å². The Kier molecular flexibility index (Phi) is 3.28. The highest BCUT2D eigenvalue weighted by Crippen LogP contribution is 2.29. The van der Waals surface area contributed by atoms with Crippen LogP contribution in [-0.2, 0) is 9.59 Å². The van der Waals surface area contributed by atoms with E-state index in [1.54, 1.807) is 19.0 Å². The Labute approximate surface area is 83.2 Å². The van der Waals surface area contributed by atoms with Gasteiger partial charge in [0, 0.05) is 26.2 Å². The van der Waals surface area contributed by atoms with Crippen LogP contribution < -0.4 is 0 Å². The van der Waals surface area contributed by atoms with Gasteiger partial charge in [-0.3, -0.25) is 4.79 Å². The average molecular weight is 197 g/mol. The second-order valence-corrected chi connectivity index (χ2v) is 3.80. The van der Waals surface area contributed by atoms with Crippen molar-refractivity contribution in [2.75, 3.05) is 14.1 Å². The van der Waals surface area contributed by atoms with Crippen LogP contribution in [0.5, 0.6) is 0 Å². The summed E-state index contributed by atoms with van der Waals surface area (Å²) in [7, 11) is 3.41. The van der Waals surface area contributed by atoms with Gasteiger partial charge in [0.1, 0.15) is 5.57 Å². The zero-order valence-electron chi connectivity index (χ0n) is 8.49. The minimum absolute atomic E-state index is 0.0581. The molecule has 1 aliphatic carbocycles. The molecular formula is C10H15NO3. The van der Waals surface area contributed by atoms with Crippen molar-refractivity contribution in [1.82, 2.24) is 4.90 Å². The lowest BCUT2D eigenvalue weighted by atomic mass is 9.80. The summed E-state index contributed by atoms with van der Waals surface area (Å²) in [5, 5.41) is 8.85. The van der Waals surface area contributed by atoms with E-state index in [1.165, 1.54) is 6.20 Å². The van der Waals surface area contributed by atoms with Crippen molar-refractivity contribution in [2.45, 2.75) is 19.3 Å². The molecule has 14 heavy (non-hydrogen) atoms. The predicted octanol–water partition coefficient (Wildman–Crippen LogP) is 0.886. The zero-order chi connectivity index (χ0) is 10.7. The summed E-state index contributed by atoms with van der Waals surface area (Å²) in [4.78, 5) is 24.0. The molecule has 1 N–H and O–H groups in total. The van der Waals surface area contributed by atoms with Gasteiger partial charge in [-0.05, 0) is 12.8 Å². The number of rotatable bonds is 4. The van der Waals surface area contributed by atoms with Crippen molar-refractivity contribution < 1.29 is 14.7 Å². The summed E-state index contributed by atoms with van der Waals surface area (Å²) in [5.74, 6) is -1.41. The molecule has 1 saturated carbocycles. The molecule has 0 atom stereocenters. The third kappa shape index (κ3) is 2.34. The van der Waals surface area contributed by atoms with E-state index in [9.17, 15) is 9.59 Å². The highest BCUT2D eigenvalue weighted by atomic mass is 16.4. The molecule has 0 heterocycles. The molecule has 4 heteroatoms. The molecule has 0 bridgehead atoms. The molecule has 1 fully saturated rings. The monoisotopic (exact) mass is 197 g/mol. The van der Waals surface area contributed by atoms with Crippen LogP contribution in [0, 0.1) is 5.92 Å². The number of carboxylic acids is 1. The lowest BCUT2D eigenvalue weighted by molar-refractivity contribution is -0.135. The first-order valence-electron chi connectivity index (χ1n) is 4.68. The van der Waals surface area contributed by atoms with Gasteiger partial charge in [-0.15, -0.1) is 0 Å². The van der Waals surface area contributed by atoms with Crippen molar-refractivity contribution in [3.63, 3.8) is 0 Å². The van der Waals surface area contributed by atoms with E-state index in [0.29, 0.717) is 0 Å². The fourth-order valence-electron chi connectivity index (χ4n) is 1.37. The molecule has 1 rings (SSSR count). The van der Waals surface area contributed by atoms with Gasteiger partial charge in [0.15, 0.2) is 5.78 Å². The van der Waals surface area contributed by atoms with E-state index >= 15 is 0 Å². The second-order valence-electron chi connectivity index (χ2n) is 3.80. The standard InChI is InChI=1S/C10H15NO3/c1-11(2)6-8(10(13)14)9(12)7-4-3-5-7/h6-7H,3-5H2,1-2H3,(H,13,14). The number of carboxylic acid groups (broad SMARTS) is 1. The lowest BCUT2D eigenvalue weighted by Crippen LogP contribution is -2.27. The third-order valence-corrected chi connectivity index (χ3v) is 2.36. The molecule has 0 aromatic carbocycles. The molecule has 0 aromatic rings. The van der Waals surface area contributed by atoms with E-state index in [2.05, 4.69) is 0 Å². The van der Waals surface area contributed by atoms with E-state index < -0.39 is 5.97 Å². The molecule has 4 nitrogen and oxygen atoms in total. The maximum atomic E-state index is 11.6. The first kappa shape index (κ1) is 10.8. The van der Waals surface area contributed by atoms with Gasteiger partial charge in [-0.25, -0.2) is 4.79 Å². The number of Topliss-reactive ketones (excluding diaryl/α,β-unsaturated/α-hetero) is 1. The van der Waals surface area contributed by atoms with Gasteiger partial charge in [-0.1, -0.05) is 6.42 Å². The Morgan fingerprint density at radius 3 is 2.21 bits per heavy atom. The number of hydrogen-bond acceptors (Lipinski definition) is 3. The van der Waals surface area contributed by atoms with Crippen LogP contribution in [0.3, 0.4) is 0 Å². The normalized spacial score (nSPS) is 17.4. The van der Waals surface area contributed by atoms with E-state index in [-0.39, 0.29) is 17.3 Å². The molecule has 0 aromatic heterocycles. The fraction of sp³-hybridized carbons (Fsp3) is 0.600. The molecular weight excluding hydrogens is 182 g/mol. The zero-order valence-corrected chi connectivity index (χ0v) is 8.49. The topological polar surface area (TPSA) is 57.6 Å². The SMILES string of the molecule is CN(C)C=C(C(=O)O)C(=O)C1CCC1. The number of carbonyl (C=O) groups excluding carboxylic acids is 1. The molecule has 0 amide bonds. The fourth-order valence-corrected chi connectivity index (χ4v) is 1.37. The molecule has 0 radical (unpaired) electrons. The van der Waals surface area contributed by atoms with Gasteiger partial charge in [0.25, 0.3) is 0 Å². The van der Waals surface area contributed by atoms with Crippen LogP contribution in [-0.4, -0.2) is 35.9 Å². The molecule has 0 unspecified atom stereocenters. The van der Waals surface area contributed by atoms with Crippen LogP contribution in [0.15, 0.2) is 11.8 Å². The van der Waals surface area contributed by atoms with E-state index in [1.807, 2.05) is 0 Å². The van der Waals surface area contributed by atoms with Crippen molar-refractivity contribution >= 4 is 11.8 Å². The molecule has 78 valence electrons. The predicted molar refractivity (Wildman–Crippen MR) is 51.8 cm³/mol. The first-order valence-corrected chi connectivity index (χ1v) is 4.68. The summed E-state index contributed by atoms with van der Waals surface area (Å²) in [6.07, 6.45) is 4.07. The third-order valence-electron chi connectivity index (χ3n) is 2.36. The van der Waals surface area contributed by atoms with Crippen molar-refractivity contribution in [3.8, 4) is 0 Å². The Balaban J connectivity index is 2.76. The summed E-state index contributed by atoms with van der Waals surface area (Å²) in [5.41, 5.74) is -0.0975. The highest BCUT2D eigenvalue weighted by molar-refractivity contribution is 6.17. The van der Waals surface area contributed by atoms with Gasteiger partial charge in [0.2, 0.25) is 0 Å². The smallest absolute Gasteiger partial charge is 0.340 e. The largest absolute Gasteiger partial charge is 0.478 e. The minimum atomic E-state index is -1.13. The molecule has 0 aliphatic heterocycles. The Hall–Kier alpha value is -1.32. The second kappa shape index (κ2) is 4.26. The van der Waals surface area contributed by atoms with Gasteiger partial charge >= 0.3 is 5.97 Å². The van der Waals surface area contributed by atoms with Crippen molar-refractivity contribution in [1.29, 1.82) is 0 Å². The quantitative estimate of drug-likeness (QED) is 0.413. The first-order chi connectivity index (χ1) is 6.52. The number of aliphatic carboxylic acids is 1. The maximum absolute atomic E-state index is 11.6. The Morgan fingerprint density at radius 2 is 1.93 bits per heavy atom. The van der Waals surface area contributed by atoms with Gasteiger partial charge in [-0.2, -0.15) is 0 Å². The molecule has 1 aliphatic rings. The Morgan fingerprint density at radius 1 is 1.36 bits per heavy atom. The van der Waals surface area contributed by atoms with E-state index in [4.69, 9.17) is 5.11 Å². The van der Waals surface area contributed by atoms with Gasteiger partial charge < -0.3 is 10.0 Å². The Bertz CT molecular complexity index is 277. The molecule has 0 spiro atoms. The van der Waals surface area contributed by atoms with Crippen molar-refractivity contribution in [3.05, 3.63) is 11.8 Å². The number of ketones is 1. The number of nitrogens with zero attached hydrogens (tertiary/aromatic N) is 1.